The predicted octanol–water partition coefficient (Wildman–Crippen LogP) is 5.28. The summed E-state index contributed by atoms with van der Waals surface area (Å²) in [6, 6.07) is 6.43. The van der Waals surface area contributed by atoms with Crippen molar-refractivity contribution in [3.63, 3.8) is 0 Å². The highest BCUT2D eigenvalue weighted by Gasteiger charge is 2.39. The molecule has 0 fully saturated rings. The number of carbonyl (C=O) groups is 1. The molecule has 0 radical (unpaired) electrons. The topological polar surface area (TPSA) is 66.8 Å². The molecule has 1 N–H and O–H groups in total. The number of anilines is 2. The van der Waals surface area contributed by atoms with E-state index in [1.165, 1.54) is 30.9 Å². The average Bonchev–Trinajstić information content (AvgIpc) is 2.83. The number of alkyl halides is 4. The molecule has 1 heterocycles. The van der Waals surface area contributed by atoms with E-state index in [1.54, 1.807) is 0 Å². The maximum Gasteiger partial charge on any atom is 0.420 e. The number of fused-ring (bicyclic) bond motifs is 1. The molecule has 2 unspecified atom stereocenters. The van der Waals surface area contributed by atoms with Crippen LogP contribution in [0.2, 0.25) is 0 Å². The Morgan fingerprint density at radius 3 is 2.41 bits per heavy atom. The minimum absolute atomic E-state index is 0.0882. The van der Waals surface area contributed by atoms with Crippen molar-refractivity contribution < 1.29 is 40.8 Å². The number of carboxylic acid groups (broad SMARTS) is 1. The first kappa shape index (κ1) is 24.0. The van der Waals surface area contributed by atoms with Gasteiger partial charge in [-0.15, -0.1) is 0 Å². The molecule has 0 amide bonds. The molecule has 1 aliphatic rings. The predicted molar refractivity (Wildman–Crippen MR) is 108 cm³/mol. The van der Waals surface area contributed by atoms with E-state index < -0.39 is 57.6 Å². The van der Waals surface area contributed by atoms with Crippen LogP contribution in [0.15, 0.2) is 41.3 Å². The van der Waals surface area contributed by atoms with Crippen LogP contribution >= 0.6 is 0 Å². The molecule has 2 atom stereocenters. The fourth-order valence-corrected chi connectivity index (χ4v) is 4.26. The SMILES string of the molecule is CC(C)(COc1cc2c(cc1C(F)(F)F)N(c1ccc(F)cc1)CCC(F)S2=O)C(=O)O. The molecule has 0 saturated carbocycles. The van der Waals surface area contributed by atoms with Gasteiger partial charge in [0, 0.05) is 18.7 Å². The Hall–Kier alpha value is -2.69. The van der Waals surface area contributed by atoms with Crippen LogP contribution in [0.25, 0.3) is 0 Å². The second-order valence-electron chi connectivity index (χ2n) is 7.92. The third-order valence-corrected chi connectivity index (χ3v) is 6.45. The number of rotatable bonds is 5. The standard InChI is InChI=1S/C21H20F5NO4S/c1-20(2,19(28)29)11-31-16-10-17-15(9-14(16)21(24,25)26)27(8-7-18(23)32(17)30)13-5-3-12(22)4-6-13/h3-6,9-10,18H,7-8,11H2,1-2H3,(H,28,29). The number of halogens is 5. The molecule has 174 valence electrons. The van der Waals surface area contributed by atoms with Gasteiger partial charge in [0.05, 0.1) is 32.4 Å². The van der Waals surface area contributed by atoms with Gasteiger partial charge in [-0.25, -0.2) is 8.78 Å². The molecule has 1 aliphatic heterocycles. The van der Waals surface area contributed by atoms with E-state index in [-0.39, 0.29) is 23.5 Å². The summed E-state index contributed by atoms with van der Waals surface area (Å²) >= 11 is 0. The van der Waals surface area contributed by atoms with Gasteiger partial charge in [-0.05, 0) is 50.2 Å². The number of ether oxygens (including phenoxy) is 1. The van der Waals surface area contributed by atoms with Gasteiger partial charge in [0.25, 0.3) is 0 Å². The van der Waals surface area contributed by atoms with Crippen molar-refractivity contribution in [1.82, 2.24) is 0 Å². The van der Waals surface area contributed by atoms with Crippen LogP contribution in [-0.4, -0.2) is 33.9 Å². The van der Waals surface area contributed by atoms with Crippen molar-refractivity contribution in [2.75, 3.05) is 18.1 Å². The molecule has 3 rings (SSSR count). The average molecular weight is 477 g/mol. The number of nitrogens with zero attached hydrogens (tertiary/aromatic N) is 1. The number of hydrogen-bond donors (Lipinski definition) is 1. The highest BCUT2D eigenvalue weighted by molar-refractivity contribution is 7.85. The Kier molecular flexibility index (Phi) is 6.50. The summed E-state index contributed by atoms with van der Waals surface area (Å²) in [6.07, 6.45) is -5.13. The summed E-state index contributed by atoms with van der Waals surface area (Å²) in [5.74, 6) is -2.58. The third kappa shape index (κ3) is 4.87. The zero-order valence-corrected chi connectivity index (χ0v) is 17.9. The first-order valence-electron chi connectivity index (χ1n) is 9.50. The second kappa shape index (κ2) is 8.68. The van der Waals surface area contributed by atoms with Crippen molar-refractivity contribution in [2.45, 2.75) is 36.8 Å². The van der Waals surface area contributed by atoms with Crippen molar-refractivity contribution in [1.29, 1.82) is 0 Å². The molecule has 0 aromatic heterocycles. The Morgan fingerprint density at radius 1 is 1.22 bits per heavy atom. The summed E-state index contributed by atoms with van der Waals surface area (Å²) in [6.45, 7) is 1.86. The van der Waals surface area contributed by atoms with Crippen molar-refractivity contribution >= 4 is 28.1 Å². The van der Waals surface area contributed by atoms with Crippen molar-refractivity contribution in [3.05, 3.63) is 47.8 Å². The van der Waals surface area contributed by atoms with Gasteiger partial charge in [0.15, 0.2) is 5.50 Å². The first-order chi connectivity index (χ1) is 14.8. The molecule has 11 heteroatoms. The lowest BCUT2D eigenvalue weighted by Gasteiger charge is -2.27. The van der Waals surface area contributed by atoms with Crippen LogP contribution in [0.1, 0.15) is 25.8 Å². The maximum absolute atomic E-state index is 14.5. The molecule has 0 saturated heterocycles. The fraction of sp³-hybridized carbons (Fsp3) is 0.381. The third-order valence-electron chi connectivity index (χ3n) is 4.99. The number of carboxylic acids is 1. The van der Waals surface area contributed by atoms with Gasteiger partial charge in [0.1, 0.15) is 18.2 Å². The van der Waals surface area contributed by atoms with Crippen molar-refractivity contribution in [2.24, 2.45) is 5.41 Å². The van der Waals surface area contributed by atoms with E-state index in [0.29, 0.717) is 11.8 Å². The van der Waals surface area contributed by atoms with E-state index in [9.17, 15) is 36.1 Å². The van der Waals surface area contributed by atoms with Gasteiger partial charge in [-0.1, -0.05) is 0 Å². The molecular weight excluding hydrogens is 457 g/mol. The maximum atomic E-state index is 14.5. The molecule has 0 spiro atoms. The Bertz CT molecular complexity index is 1040. The zero-order chi connectivity index (χ0) is 23.8. The lowest BCUT2D eigenvalue weighted by molar-refractivity contribution is -0.148. The van der Waals surface area contributed by atoms with Gasteiger partial charge in [-0.3, -0.25) is 9.00 Å². The van der Waals surface area contributed by atoms with Gasteiger partial charge in [-0.2, -0.15) is 13.2 Å². The minimum atomic E-state index is -4.89. The van der Waals surface area contributed by atoms with Gasteiger partial charge < -0.3 is 14.7 Å². The molecule has 0 bridgehead atoms. The zero-order valence-electron chi connectivity index (χ0n) is 17.1. The lowest BCUT2D eigenvalue weighted by atomic mass is 9.95. The van der Waals surface area contributed by atoms with Gasteiger partial charge in [0.2, 0.25) is 0 Å². The molecule has 2 aromatic rings. The summed E-state index contributed by atoms with van der Waals surface area (Å²) in [4.78, 5) is 12.4. The van der Waals surface area contributed by atoms with Crippen LogP contribution in [-0.2, 0) is 21.8 Å². The summed E-state index contributed by atoms with van der Waals surface area (Å²) < 4.78 is 87.3. The van der Waals surface area contributed by atoms with E-state index in [4.69, 9.17) is 4.74 Å². The molecule has 0 aliphatic carbocycles. The summed E-state index contributed by atoms with van der Waals surface area (Å²) in [5, 5.41) is 9.20. The van der Waals surface area contributed by atoms with Crippen LogP contribution in [0.4, 0.5) is 33.3 Å². The van der Waals surface area contributed by atoms with E-state index in [1.807, 2.05) is 0 Å². The summed E-state index contributed by atoms with van der Waals surface area (Å²) in [5.41, 5.74) is -4.42. The molecular formula is C21H20F5NO4S. The van der Waals surface area contributed by atoms with Crippen LogP contribution in [0.5, 0.6) is 5.75 Å². The Morgan fingerprint density at radius 2 is 1.84 bits per heavy atom. The number of hydrogen-bond acceptors (Lipinski definition) is 4. The number of benzene rings is 2. The Balaban J connectivity index is 2.16. The highest BCUT2D eigenvalue weighted by Crippen LogP contribution is 2.45. The lowest BCUT2D eigenvalue weighted by Crippen LogP contribution is -2.31. The van der Waals surface area contributed by atoms with Crippen LogP contribution in [0, 0.1) is 11.2 Å². The smallest absolute Gasteiger partial charge is 0.420 e. The Labute approximate surface area is 183 Å². The highest BCUT2D eigenvalue weighted by atomic mass is 32.2. The monoisotopic (exact) mass is 477 g/mol. The van der Waals surface area contributed by atoms with E-state index in [0.717, 1.165) is 18.2 Å². The minimum Gasteiger partial charge on any atom is -0.492 e. The van der Waals surface area contributed by atoms with Crippen LogP contribution in [0.3, 0.4) is 0 Å². The molecule has 5 nitrogen and oxygen atoms in total. The molecule has 2 aromatic carbocycles. The number of aliphatic carboxylic acids is 1. The van der Waals surface area contributed by atoms with Crippen molar-refractivity contribution in [3.8, 4) is 5.75 Å². The van der Waals surface area contributed by atoms with E-state index in [2.05, 4.69) is 0 Å². The normalized spacial score (nSPS) is 19.3. The van der Waals surface area contributed by atoms with Crippen LogP contribution < -0.4 is 9.64 Å². The second-order valence-corrected chi connectivity index (χ2v) is 9.46. The van der Waals surface area contributed by atoms with E-state index >= 15 is 0 Å². The quantitative estimate of drug-likeness (QED) is 0.594. The fourth-order valence-electron chi connectivity index (χ4n) is 3.07. The largest absolute Gasteiger partial charge is 0.492 e. The molecule has 32 heavy (non-hydrogen) atoms. The van der Waals surface area contributed by atoms with Gasteiger partial charge >= 0.3 is 12.1 Å². The first-order valence-corrected chi connectivity index (χ1v) is 10.7. The summed E-state index contributed by atoms with van der Waals surface area (Å²) in [7, 11) is -2.30.